The standard InChI is InChI=1S/C49H39N3O/c1-47(2)35-22-32-28-9-3-4-10-38(28)53-39(32)23-31(35)33-21-34-40-29-11-17-48(13-5-6-14-48)43(29)26(24-50)19-36(40)52-37-20-27(25-51)44-30(12-18-49(44)15-7-8-16-49)41(37)42(45(33)47)46(34)52/h3-4,9-10,19-23H,5-8,11-18H2,1-2H3. The van der Waals surface area contributed by atoms with Gasteiger partial charge in [0.15, 0.2) is 0 Å². The van der Waals surface area contributed by atoms with E-state index in [9.17, 15) is 10.5 Å². The number of aromatic nitrogens is 1. The van der Waals surface area contributed by atoms with E-state index < -0.39 is 0 Å². The van der Waals surface area contributed by atoms with Crippen molar-refractivity contribution in [2.45, 2.75) is 107 Å². The topological polar surface area (TPSA) is 65.1 Å². The number of fused-ring (bicyclic) bond motifs is 19. The highest BCUT2D eigenvalue weighted by Gasteiger charge is 2.48. The number of hydrogen-bond donors (Lipinski definition) is 0. The van der Waals surface area contributed by atoms with E-state index in [0.29, 0.717) is 0 Å². The van der Waals surface area contributed by atoms with Crippen LogP contribution in [0.5, 0.6) is 0 Å². The van der Waals surface area contributed by atoms with Crippen molar-refractivity contribution in [1.29, 1.82) is 10.5 Å². The molecule has 5 aliphatic rings. The number of nitrogens with zero attached hydrogens (tertiary/aromatic N) is 3. The Kier molecular flexibility index (Phi) is 5.08. The van der Waals surface area contributed by atoms with E-state index in [1.54, 1.807) is 0 Å². The first-order valence-electron chi connectivity index (χ1n) is 20.1. The Morgan fingerprint density at radius 2 is 1.23 bits per heavy atom. The van der Waals surface area contributed by atoms with E-state index in [4.69, 9.17) is 4.42 Å². The highest BCUT2D eigenvalue weighted by atomic mass is 16.3. The molecule has 2 saturated carbocycles. The number of benzene rings is 5. The normalized spacial score (nSPS) is 20.2. The molecule has 0 atom stereocenters. The lowest BCUT2D eigenvalue weighted by atomic mass is 9.76. The van der Waals surface area contributed by atoms with E-state index >= 15 is 0 Å². The van der Waals surface area contributed by atoms with Gasteiger partial charge in [0.2, 0.25) is 0 Å². The molecule has 8 aromatic rings. The van der Waals surface area contributed by atoms with Crippen LogP contribution in [-0.2, 0) is 29.1 Å². The van der Waals surface area contributed by atoms with Gasteiger partial charge in [0, 0.05) is 37.7 Å². The van der Waals surface area contributed by atoms with E-state index in [0.717, 1.165) is 59.0 Å². The van der Waals surface area contributed by atoms with Crippen molar-refractivity contribution in [3.8, 4) is 23.3 Å². The van der Waals surface area contributed by atoms with Crippen LogP contribution < -0.4 is 0 Å². The summed E-state index contributed by atoms with van der Waals surface area (Å²) in [5, 5.41) is 29.4. The predicted octanol–water partition coefficient (Wildman–Crippen LogP) is 12.3. The van der Waals surface area contributed by atoms with Crippen LogP contribution in [0.4, 0.5) is 0 Å². The summed E-state index contributed by atoms with van der Waals surface area (Å²) >= 11 is 0. The van der Waals surface area contributed by atoms with Crippen LogP contribution in [0, 0.1) is 22.7 Å². The Hall–Kier alpha value is -5.32. The van der Waals surface area contributed by atoms with Gasteiger partial charge in [-0.1, -0.05) is 57.7 Å². The number of hydrogen-bond acceptors (Lipinski definition) is 3. The summed E-state index contributed by atoms with van der Waals surface area (Å²) in [5.74, 6) is 0. The van der Waals surface area contributed by atoms with Gasteiger partial charge in [-0.15, -0.1) is 0 Å². The SMILES string of the molecule is CC1(C)c2cc3c(cc2-c2cc4c5c6c(c(C#N)cc5n5c7cc(C#N)c8c(c7c(c21)c45)CCC81CCCC1)C1(CCCC1)CC6)oc1ccccc13. The molecule has 4 heteroatoms. The van der Waals surface area contributed by atoms with E-state index in [-0.39, 0.29) is 16.2 Å². The zero-order chi connectivity index (χ0) is 35.2. The molecule has 3 aromatic heterocycles. The lowest BCUT2D eigenvalue weighted by Gasteiger charge is -2.26. The Bertz CT molecular complexity index is 3120. The molecule has 53 heavy (non-hydrogen) atoms. The smallest absolute Gasteiger partial charge is 0.136 e. The summed E-state index contributed by atoms with van der Waals surface area (Å²) in [6, 6.07) is 25.7. The van der Waals surface area contributed by atoms with Gasteiger partial charge >= 0.3 is 0 Å². The van der Waals surface area contributed by atoms with Gasteiger partial charge in [-0.2, -0.15) is 10.5 Å². The van der Waals surface area contributed by atoms with Gasteiger partial charge in [0.05, 0.1) is 39.8 Å². The van der Waals surface area contributed by atoms with Gasteiger partial charge in [-0.25, -0.2) is 0 Å². The molecule has 13 rings (SSSR count). The molecule has 0 N–H and O–H groups in total. The zero-order valence-corrected chi connectivity index (χ0v) is 30.4. The van der Waals surface area contributed by atoms with Crippen LogP contribution in [0.2, 0.25) is 0 Å². The van der Waals surface area contributed by atoms with Crippen LogP contribution in [-0.4, -0.2) is 4.40 Å². The largest absolute Gasteiger partial charge is 0.456 e. The molecular weight excluding hydrogens is 647 g/mol. The fourth-order valence-electron chi connectivity index (χ4n) is 13.6. The number of furan rings is 1. The molecule has 0 radical (unpaired) electrons. The van der Waals surface area contributed by atoms with Gasteiger partial charge in [-0.3, -0.25) is 0 Å². The second kappa shape index (κ2) is 9.24. The van der Waals surface area contributed by atoms with Crippen molar-refractivity contribution in [2.24, 2.45) is 0 Å². The summed E-state index contributed by atoms with van der Waals surface area (Å²) in [7, 11) is 0. The van der Waals surface area contributed by atoms with E-state index in [1.165, 1.54) is 134 Å². The molecule has 0 aliphatic heterocycles. The minimum absolute atomic E-state index is 0.125. The van der Waals surface area contributed by atoms with Crippen LogP contribution in [0.1, 0.15) is 123 Å². The summed E-state index contributed by atoms with van der Waals surface area (Å²) in [6.07, 6.45) is 14.1. The molecule has 5 aromatic carbocycles. The minimum Gasteiger partial charge on any atom is -0.456 e. The molecule has 0 saturated heterocycles. The van der Waals surface area contributed by atoms with Crippen molar-refractivity contribution < 1.29 is 4.42 Å². The van der Waals surface area contributed by atoms with Gasteiger partial charge in [0.25, 0.3) is 0 Å². The monoisotopic (exact) mass is 685 g/mol. The first kappa shape index (κ1) is 29.2. The van der Waals surface area contributed by atoms with Crippen molar-refractivity contribution >= 4 is 60.0 Å². The van der Waals surface area contributed by atoms with Crippen LogP contribution in [0.25, 0.3) is 71.2 Å². The Morgan fingerprint density at radius 1 is 0.604 bits per heavy atom. The molecule has 4 nitrogen and oxygen atoms in total. The first-order valence-corrected chi connectivity index (χ1v) is 20.1. The number of rotatable bonds is 0. The van der Waals surface area contributed by atoms with Gasteiger partial charge in [0.1, 0.15) is 11.2 Å². The predicted molar refractivity (Wildman–Crippen MR) is 212 cm³/mol. The molecule has 0 bridgehead atoms. The summed E-state index contributed by atoms with van der Waals surface area (Å²) < 4.78 is 9.05. The summed E-state index contributed by atoms with van der Waals surface area (Å²) in [5.41, 5.74) is 18.1. The molecule has 0 unspecified atom stereocenters. The first-order chi connectivity index (χ1) is 25.9. The molecule has 0 amide bonds. The number of nitriles is 2. The van der Waals surface area contributed by atoms with E-state index in [1.807, 2.05) is 0 Å². The van der Waals surface area contributed by atoms with Crippen LogP contribution in [0.3, 0.4) is 0 Å². The summed E-state index contributed by atoms with van der Waals surface area (Å²) in [6.45, 7) is 4.85. The minimum atomic E-state index is -0.262. The molecule has 2 spiro atoms. The lowest BCUT2D eigenvalue weighted by molar-refractivity contribution is 0.438. The van der Waals surface area contributed by atoms with Gasteiger partial charge < -0.3 is 8.82 Å². The third-order valence-electron chi connectivity index (χ3n) is 15.6. The maximum atomic E-state index is 10.9. The van der Waals surface area contributed by atoms with Gasteiger partial charge in [-0.05, 0) is 143 Å². The highest BCUT2D eigenvalue weighted by molar-refractivity contribution is 6.28. The second-order valence-corrected chi connectivity index (χ2v) is 18.1. The fraction of sp³-hybridized carbons (Fsp3) is 0.347. The maximum Gasteiger partial charge on any atom is 0.136 e. The average Bonchev–Trinajstić information content (AvgIpc) is 4.05. The third-order valence-corrected chi connectivity index (χ3v) is 15.6. The van der Waals surface area contributed by atoms with E-state index in [2.05, 4.69) is 85.0 Å². The quantitative estimate of drug-likeness (QED) is 0.160. The lowest BCUT2D eigenvalue weighted by Crippen LogP contribution is -2.19. The molecule has 256 valence electrons. The van der Waals surface area contributed by atoms with Crippen molar-refractivity contribution in [3.05, 3.63) is 99.1 Å². The molecular formula is C49H39N3O. The Balaban J connectivity index is 1.25. The molecule has 2 fully saturated rings. The zero-order valence-electron chi connectivity index (χ0n) is 30.4. The number of aryl methyl sites for hydroxylation is 2. The molecule has 3 heterocycles. The van der Waals surface area contributed by atoms with Crippen molar-refractivity contribution in [2.75, 3.05) is 0 Å². The average molecular weight is 686 g/mol. The Morgan fingerprint density at radius 3 is 1.89 bits per heavy atom. The Labute approximate surface area is 307 Å². The van der Waals surface area contributed by atoms with Crippen LogP contribution >= 0.6 is 0 Å². The van der Waals surface area contributed by atoms with Crippen molar-refractivity contribution in [3.63, 3.8) is 0 Å². The van der Waals surface area contributed by atoms with Crippen LogP contribution in [0.15, 0.2) is 59.0 Å². The third kappa shape index (κ3) is 3.16. The summed E-state index contributed by atoms with van der Waals surface area (Å²) in [4.78, 5) is 0. The number of para-hydroxylation sites is 1. The fourth-order valence-corrected chi connectivity index (χ4v) is 13.6. The van der Waals surface area contributed by atoms with Crippen molar-refractivity contribution in [1.82, 2.24) is 4.40 Å². The second-order valence-electron chi connectivity index (χ2n) is 18.1. The maximum absolute atomic E-state index is 10.9. The highest BCUT2D eigenvalue weighted by Crippen LogP contribution is 2.61. The molecule has 5 aliphatic carbocycles.